The van der Waals surface area contributed by atoms with Gasteiger partial charge in [0.05, 0.1) is 42.8 Å². The summed E-state index contributed by atoms with van der Waals surface area (Å²) in [5, 5.41) is 24.9. The predicted molar refractivity (Wildman–Crippen MR) is 111 cm³/mol. The Hall–Kier alpha value is -4.31. The molecule has 0 aliphatic carbocycles. The predicted octanol–water partition coefficient (Wildman–Crippen LogP) is 4.28. The van der Waals surface area contributed by atoms with Gasteiger partial charge in [-0.05, 0) is 30.3 Å². The third kappa shape index (κ3) is 3.01. The summed E-state index contributed by atoms with van der Waals surface area (Å²) < 4.78 is 12.6. The molecule has 0 saturated heterocycles. The van der Waals surface area contributed by atoms with Crippen LogP contribution in [0, 0.1) is 11.3 Å². The third-order valence-corrected chi connectivity index (χ3v) is 4.86. The van der Waals surface area contributed by atoms with Crippen LogP contribution in [-0.2, 0) is 0 Å². The highest BCUT2D eigenvalue weighted by atomic mass is 16.5. The number of methoxy groups -OCH3 is 2. The van der Waals surface area contributed by atoms with Crippen molar-refractivity contribution in [3.63, 3.8) is 0 Å². The summed E-state index contributed by atoms with van der Waals surface area (Å²) in [6, 6.07) is 19.9. The molecule has 0 unspecified atom stereocenters. The minimum Gasteiger partial charge on any atom is -0.496 e. The normalized spacial score (nSPS) is 10.6. The molecule has 4 aromatic rings. The molecule has 1 N–H and O–H groups in total. The summed E-state index contributed by atoms with van der Waals surface area (Å²) in [5.41, 5.74) is 2.12. The molecule has 0 bridgehead atoms. The molecule has 7 heteroatoms. The minimum absolute atomic E-state index is 0.119. The molecule has 0 aliphatic heterocycles. The van der Waals surface area contributed by atoms with Crippen LogP contribution >= 0.6 is 0 Å². The van der Waals surface area contributed by atoms with Gasteiger partial charge in [0, 0.05) is 10.8 Å². The summed E-state index contributed by atoms with van der Waals surface area (Å²) in [4.78, 5) is 11.7. The quantitative estimate of drug-likeness (QED) is 0.538. The van der Waals surface area contributed by atoms with Gasteiger partial charge in [0.2, 0.25) is 0 Å². The number of carboxylic acid groups (broad SMARTS) is 1. The van der Waals surface area contributed by atoms with Crippen LogP contribution in [0.25, 0.3) is 27.7 Å². The molecule has 1 aromatic heterocycles. The summed E-state index contributed by atoms with van der Waals surface area (Å²) in [6.45, 7) is 0. The average Bonchev–Trinajstić information content (AvgIpc) is 3.22. The second kappa shape index (κ2) is 7.60. The summed E-state index contributed by atoms with van der Waals surface area (Å²) >= 11 is 0. The Morgan fingerprint density at radius 1 is 1.00 bits per heavy atom. The Labute approximate surface area is 172 Å². The van der Waals surface area contributed by atoms with Gasteiger partial charge in [-0.15, -0.1) is 0 Å². The lowest BCUT2D eigenvalue weighted by atomic mass is 10.0. The van der Waals surface area contributed by atoms with Gasteiger partial charge in [-0.2, -0.15) is 10.4 Å². The highest BCUT2D eigenvalue weighted by molar-refractivity contribution is 5.96. The van der Waals surface area contributed by atoms with Crippen molar-refractivity contribution in [2.75, 3.05) is 14.2 Å². The molecule has 148 valence electrons. The van der Waals surface area contributed by atoms with Gasteiger partial charge < -0.3 is 14.6 Å². The number of carbonyl (C=O) groups is 1. The summed E-state index contributed by atoms with van der Waals surface area (Å²) in [7, 11) is 3.07. The van der Waals surface area contributed by atoms with E-state index in [1.165, 1.54) is 20.3 Å². The second-order valence-corrected chi connectivity index (χ2v) is 6.46. The molecule has 1 heterocycles. The summed E-state index contributed by atoms with van der Waals surface area (Å²) in [5.74, 6) is -0.113. The summed E-state index contributed by atoms with van der Waals surface area (Å²) in [6.07, 6.45) is 0. The molecule has 0 radical (unpaired) electrons. The van der Waals surface area contributed by atoms with Gasteiger partial charge in [0.25, 0.3) is 0 Å². The fourth-order valence-corrected chi connectivity index (χ4v) is 3.52. The van der Waals surface area contributed by atoms with Crippen molar-refractivity contribution in [1.29, 1.82) is 5.26 Å². The number of aromatic nitrogens is 2. The fraction of sp³-hybridized carbons (Fsp3) is 0.0870. The van der Waals surface area contributed by atoms with Crippen molar-refractivity contribution < 1.29 is 19.4 Å². The van der Waals surface area contributed by atoms with Gasteiger partial charge in [-0.25, -0.2) is 9.48 Å². The van der Waals surface area contributed by atoms with Crippen LogP contribution < -0.4 is 9.47 Å². The van der Waals surface area contributed by atoms with Crippen LogP contribution in [0.4, 0.5) is 0 Å². The number of aromatic carboxylic acids is 1. The maximum atomic E-state index is 11.7. The van der Waals surface area contributed by atoms with E-state index in [1.54, 1.807) is 35.0 Å². The molecule has 3 aromatic carbocycles. The van der Waals surface area contributed by atoms with E-state index in [-0.39, 0.29) is 5.69 Å². The lowest BCUT2D eigenvalue weighted by molar-refractivity contribution is 0.0690. The van der Waals surface area contributed by atoms with Crippen molar-refractivity contribution in [3.05, 3.63) is 71.9 Å². The molecule has 0 aliphatic rings. The van der Waals surface area contributed by atoms with Crippen molar-refractivity contribution >= 4 is 16.7 Å². The lowest BCUT2D eigenvalue weighted by Crippen LogP contribution is -2.04. The number of nitriles is 1. The Morgan fingerprint density at radius 2 is 1.67 bits per heavy atom. The molecule has 0 fully saturated rings. The van der Waals surface area contributed by atoms with Crippen molar-refractivity contribution in [2.45, 2.75) is 0 Å². The van der Waals surface area contributed by atoms with E-state index >= 15 is 0 Å². The van der Waals surface area contributed by atoms with E-state index in [9.17, 15) is 15.2 Å². The van der Waals surface area contributed by atoms with Gasteiger partial charge in [-0.3, -0.25) is 0 Å². The third-order valence-electron chi connectivity index (χ3n) is 4.86. The van der Waals surface area contributed by atoms with Crippen LogP contribution in [0.15, 0.2) is 60.7 Å². The van der Waals surface area contributed by atoms with Crippen LogP contribution in [-0.4, -0.2) is 35.1 Å². The van der Waals surface area contributed by atoms with Gasteiger partial charge in [0.15, 0.2) is 5.69 Å². The Morgan fingerprint density at radius 3 is 2.27 bits per heavy atom. The standard InChI is InChI=1S/C23H17N3O4/c1-29-20-8-5-9-21(30-2)22(20)19-12-17(23(27)28)25-26(19)18-11-10-14(13-24)15-6-3-4-7-16(15)18/h3-12H,1-2H3,(H,27,28). The second-order valence-electron chi connectivity index (χ2n) is 6.46. The van der Waals surface area contributed by atoms with E-state index < -0.39 is 5.97 Å². The van der Waals surface area contributed by atoms with E-state index in [4.69, 9.17) is 9.47 Å². The maximum Gasteiger partial charge on any atom is 0.356 e. The number of hydrogen-bond acceptors (Lipinski definition) is 5. The van der Waals surface area contributed by atoms with Crippen LogP contribution in [0.2, 0.25) is 0 Å². The zero-order chi connectivity index (χ0) is 21.3. The Kier molecular flexibility index (Phi) is 4.82. The van der Waals surface area contributed by atoms with E-state index in [0.717, 1.165) is 10.8 Å². The smallest absolute Gasteiger partial charge is 0.356 e. The first-order valence-electron chi connectivity index (χ1n) is 9.06. The monoisotopic (exact) mass is 399 g/mol. The number of ether oxygens (including phenoxy) is 2. The van der Waals surface area contributed by atoms with E-state index in [0.29, 0.717) is 34.0 Å². The molecule has 0 amide bonds. The molecule has 0 spiro atoms. The maximum absolute atomic E-state index is 11.7. The number of carboxylic acids is 1. The van der Waals surface area contributed by atoms with E-state index in [2.05, 4.69) is 11.2 Å². The zero-order valence-electron chi connectivity index (χ0n) is 16.3. The van der Waals surface area contributed by atoms with Gasteiger partial charge in [-0.1, -0.05) is 30.3 Å². The van der Waals surface area contributed by atoms with E-state index in [1.807, 2.05) is 24.3 Å². The SMILES string of the molecule is COc1cccc(OC)c1-c1cc(C(=O)O)nn1-c1ccc(C#N)c2ccccc12. The molecular formula is C23H17N3O4. The van der Waals surface area contributed by atoms with Crippen molar-refractivity contribution in [2.24, 2.45) is 0 Å². The molecule has 7 nitrogen and oxygen atoms in total. The largest absolute Gasteiger partial charge is 0.496 e. The highest BCUT2D eigenvalue weighted by Gasteiger charge is 2.23. The minimum atomic E-state index is -1.15. The molecule has 0 saturated carbocycles. The van der Waals surface area contributed by atoms with Crippen molar-refractivity contribution in [1.82, 2.24) is 9.78 Å². The van der Waals surface area contributed by atoms with Gasteiger partial charge >= 0.3 is 5.97 Å². The first-order valence-corrected chi connectivity index (χ1v) is 9.06. The number of hydrogen-bond donors (Lipinski definition) is 1. The van der Waals surface area contributed by atoms with Crippen LogP contribution in [0.1, 0.15) is 16.1 Å². The number of nitrogens with zero attached hydrogens (tertiary/aromatic N) is 3. The number of rotatable bonds is 5. The van der Waals surface area contributed by atoms with Crippen molar-refractivity contribution in [3.8, 4) is 34.5 Å². The first kappa shape index (κ1) is 19.0. The lowest BCUT2D eigenvalue weighted by Gasteiger charge is -2.16. The highest BCUT2D eigenvalue weighted by Crippen LogP contribution is 2.40. The molecule has 4 rings (SSSR count). The fourth-order valence-electron chi connectivity index (χ4n) is 3.52. The van der Waals surface area contributed by atoms with Crippen LogP contribution in [0.3, 0.4) is 0 Å². The zero-order valence-corrected chi connectivity index (χ0v) is 16.3. The Balaban J connectivity index is 2.09. The number of fused-ring (bicyclic) bond motifs is 1. The molecule has 0 atom stereocenters. The molecular weight excluding hydrogens is 382 g/mol. The molecule has 30 heavy (non-hydrogen) atoms. The average molecular weight is 399 g/mol. The topological polar surface area (TPSA) is 97.4 Å². The van der Waals surface area contributed by atoms with Gasteiger partial charge in [0.1, 0.15) is 11.5 Å². The Bertz CT molecular complexity index is 1300. The number of benzene rings is 3. The van der Waals surface area contributed by atoms with Crippen LogP contribution in [0.5, 0.6) is 11.5 Å². The first-order chi connectivity index (χ1) is 14.6.